The zero-order chi connectivity index (χ0) is 17.3. The van der Waals surface area contributed by atoms with E-state index in [-0.39, 0.29) is 12.5 Å². The summed E-state index contributed by atoms with van der Waals surface area (Å²) in [7, 11) is 1.68. The minimum Gasteiger partial charge on any atom is -0.459 e. The molecule has 0 bridgehead atoms. The van der Waals surface area contributed by atoms with Crippen LogP contribution in [0.15, 0.2) is 40.2 Å². The van der Waals surface area contributed by atoms with E-state index in [9.17, 15) is 4.79 Å². The van der Waals surface area contributed by atoms with E-state index in [1.807, 2.05) is 39.0 Å². The highest BCUT2D eigenvalue weighted by Gasteiger charge is 2.16. The second kappa shape index (κ2) is 9.45. The second-order valence-electron chi connectivity index (χ2n) is 6.13. The van der Waals surface area contributed by atoms with Gasteiger partial charge < -0.3 is 15.4 Å². The lowest BCUT2D eigenvalue weighted by atomic mass is 10.2. The fourth-order valence-electron chi connectivity index (χ4n) is 1.77. The predicted molar refractivity (Wildman–Crippen MR) is 97.0 cm³/mol. The first-order chi connectivity index (χ1) is 10.8. The molecule has 5 nitrogen and oxygen atoms in total. The van der Waals surface area contributed by atoms with E-state index in [4.69, 9.17) is 4.74 Å². The van der Waals surface area contributed by atoms with Gasteiger partial charge in [0.1, 0.15) is 12.1 Å². The molecule has 0 heterocycles. The Morgan fingerprint density at radius 2 is 1.91 bits per heavy atom. The van der Waals surface area contributed by atoms with E-state index in [2.05, 4.69) is 34.7 Å². The maximum atomic E-state index is 11.7. The van der Waals surface area contributed by atoms with Crippen molar-refractivity contribution >= 4 is 23.7 Å². The zero-order valence-corrected chi connectivity index (χ0v) is 15.4. The van der Waals surface area contributed by atoms with Crippen molar-refractivity contribution in [1.29, 1.82) is 0 Å². The summed E-state index contributed by atoms with van der Waals surface area (Å²) in [5, 5.41) is 6.56. The van der Waals surface area contributed by atoms with Crippen molar-refractivity contribution in [2.24, 2.45) is 4.99 Å². The SMILES string of the molecule is CN=C(NCC(=O)OC(C)(C)C)NCC(C)Sc1ccccc1. The third-order valence-corrected chi connectivity index (χ3v) is 3.79. The van der Waals surface area contributed by atoms with Gasteiger partial charge in [0.2, 0.25) is 0 Å². The number of thioether (sulfide) groups is 1. The maximum Gasteiger partial charge on any atom is 0.325 e. The van der Waals surface area contributed by atoms with Crippen LogP contribution in [0.4, 0.5) is 0 Å². The lowest BCUT2D eigenvalue weighted by Gasteiger charge is -2.20. The van der Waals surface area contributed by atoms with Gasteiger partial charge in [0.05, 0.1) is 0 Å². The minimum absolute atomic E-state index is 0.0944. The van der Waals surface area contributed by atoms with Crippen molar-refractivity contribution in [2.45, 2.75) is 43.4 Å². The van der Waals surface area contributed by atoms with Crippen molar-refractivity contribution in [2.75, 3.05) is 20.1 Å². The Labute approximate surface area is 143 Å². The molecule has 0 aliphatic heterocycles. The van der Waals surface area contributed by atoms with Crippen LogP contribution in [0.3, 0.4) is 0 Å². The lowest BCUT2D eigenvalue weighted by molar-refractivity contribution is -0.153. The molecule has 2 N–H and O–H groups in total. The molecule has 6 heteroatoms. The maximum absolute atomic E-state index is 11.7. The van der Waals surface area contributed by atoms with Crippen molar-refractivity contribution in [3.63, 3.8) is 0 Å². The van der Waals surface area contributed by atoms with Crippen LogP contribution >= 0.6 is 11.8 Å². The summed E-state index contributed by atoms with van der Waals surface area (Å²) in [6, 6.07) is 10.3. The molecule has 0 aromatic heterocycles. The number of nitrogens with zero attached hydrogens (tertiary/aromatic N) is 1. The Hall–Kier alpha value is -1.69. The van der Waals surface area contributed by atoms with Gasteiger partial charge in [-0.25, -0.2) is 0 Å². The third kappa shape index (κ3) is 9.13. The highest BCUT2D eigenvalue weighted by molar-refractivity contribution is 8.00. The van der Waals surface area contributed by atoms with Crippen LogP contribution in [0.2, 0.25) is 0 Å². The van der Waals surface area contributed by atoms with E-state index in [0.29, 0.717) is 11.2 Å². The standard InChI is InChI=1S/C17H27N3O2S/c1-13(23-14-9-7-6-8-10-14)11-19-16(18-5)20-12-15(21)22-17(2,3)4/h6-10,13H,11-12H2,1-5H3,(H2,18,19,20). The molecule has 0 spiro atoms. The van der Waals surface area contributed by atoms with Crippen molar-refractivity contribution in [3.8, 4) is 0 Å². The summed E-state index contributed by atoms with van der Waals surface area (Å²) in [5.74, 6) is 0.295. The molecule has 1 rings (SSSR count). The average Bonchev–Trinajstić information content (AvgIpc) is 2.46. The van der Waals surface area contributed by atoms with E-state index >= 15 is 0 Å². The largest absolute Gasteiger partial charge is 0.459 e. The van der Waals surface area contributed by atoms with Crippen LogP contribution < -0.4 is 10.6 Å². The first-order valence-electron chi connectivity index (χ1n) is 7.68. The van der Waals surface area contributed by atoms with Crippen LogP contribution in [0.5, 0.6) is 0 Å². The molecule has 128 valence electrons. The summed E-state index contributed by atoms with van der Waals surface area (Å²) >= 11 is 1.79. The van der Waals surface area contributed by atoms with E-state index in [1.54, 1.807) is 18.8 Å². The summed E-state index contributed by atoms with van der Waals surface area (Å²) in [6.07, 6.45) is 0. The topological polar surface area (TPSA) is 62.7 Å². The molecular formula is C17H27N3O2S. The first kappa shape index (κ1) is 19.4. The monoisotopic (exact) mass is 337 g/mol. The predicted octanol–water partition coefficient (Wildman–Crippen LogP) is 2.67. The molecule has 1 atom stereocenters. The quantitative estimate of drug-likeness (QED) is 0.362. The van der Waals surface area contributed by atoms with Gasteiger partial charge in [-0.2, -0.15) is 0 Å². The smallest absolute Gasteiger partial charge is 0.325 e. The van der Waals surface area contributed by atoms with Gasteiger partial charge in [0, 0.05) is 23.7 Å². The van der Waals surface area contributed by atoms with Gasteiger partial charge in [-0.3, -0.25) is 9.79 Å². The summed E-state index contributed by atoms with van der Waals surface area (Å²) in [6.45, 7) is 8.53. The molecule has 0 saturated heterocycles. The number of carbonyl (C=O) groups is 1. The van der Waals surface area contributed by atoms with E-state index < -0.39 is 5.60 Å². The van der Waals surface area contributed by atoms with Crippen molar-refractivity contribution in [1.82, 2.24) is 10.6 Å². The van der Waals surface area contributed by atoms with Gasteiger partial charge in [-0.05, 0) is 32.9 Å². The lowest BCUT2D eigenvalue weighted by Crippen LogP contribution is -2.43. The molecule has 0 radical (unpaired) electrons. The highest BCUT2D eigenvalue weighted by atomic mass is 32.2. The number of hydrogen-bond donors (Lipinski definition) is 2. The fraction of sp³-hybridized carbons (Fsp3) is 0.529. The number of esters is 1. The number of hydrogen-bond acceptors (Lipinski definition) is 4. The molecule has 1 aromatic rings. The van der Waals surface area contributed by atoms with Gasteiger partial charge in [-0.15, -0.1) is 11.8 Å². The summed E-state index contributed by atoms with van der Waals surface area (Å²) in [4.78, 5) is 17.0. The van der Waals surface area contributed by atoms with Gasteiger partial charge in [0.15, 0.2) is 5.96 Å². The molecule has 0 aliphatic carbocycles. The van der Waals surface area contributed by atoms with Gasteiger partial charge in [-0.1, -0.05) is 25.1 Å². The molecule has 0 fully saturated rings. The van der Waals surface area contributed by atoms with Crippen LogP contribution in [-0.4, -0.2) is 42.9 Å². The van der Waals surface area contributed by atoms with E-state index in [1.165, 1.54) is 4.90 Å². The van der Waals surface area contributed by atoms with Crippen molar-refractivity contribution in [3.05, 3.63) is 30.3 Å². The molecule has 0 saturated carbocycles. The fourth-order valence-corrected chi connectivity index (χ4v) is 2.71. The number of benzene rings is 1. The Balaban J connectivity index is 2.32. The molecule has 23 heavy (non-hydrogen) atoms. The molecule has 0 amide bonds. The number of ether oxygens (including phenoxy) is 1. The Kier molecular flexibility index (Phi) is 7.95. The second-order valence-corrected chi connectivity index (χ2v) is 7.65. The number of rotatable bonds is 6. The van der Waals surface area contributed by atoms with Gasteiger partial charge in [0.25, 0.3) is 0 Å². The average molecular weight is 337 g/mol. The van der Waals surface area contributed by atoms with Crippen LogP contribution in [0.25, 0.3) is 0 Å². The Bertz CT molecular complexity index is 512. The Morgan fingerprint density at radius 1 is 1.26 bits per heavy atom. The number of nitrogens with one attached hydrogen (secondary N) is 2. The molecule has 1 aromatic carbocycles. The summed E-state index contributed by atoms with van der Waals surface area (Å²) < 4.78 is 5.25. The number of guanidine groups is 1. The number of carbonyl (C=O) groups excluding carboxylic acids is 1. The van der Waals surface area contributed by atoms with Crippen LogP contribution in [0, 0.1) is 0 Å². The number of aliphatic imine (C=N–C) groups is 1. The Morgan fingerprint density at radius 3 is 2.48 bits per heavy atom. The molecule has 0 aliphatic rings. The molecule has 1 unspecified atom stereocenters. The zero-order valence-electron chi connectivity index (χ0n) is 14.6. The highest BCUT2D eigenvalue weighted by Crippen LogP contribution is 2.21. The van der Waals surface area contributed by atoms with Crippen LogP contribution in [0.1, 0.15) is 27.7 Å². The first-order valence-corrected chi connectivity index (χ1v) is 8.56. The minimum atomic E-state index is -0.476. The molecular weight excluding hydrogens is 310 g/mol. The van der Waals surface area contributed by atoms with Crippen LogP contribution in [-0.2, 0) is 9.53 Å². The normalized spacial score (nSPS) is 13.3. The third-order valence-electron chi connectivity index (χ3n) is 2.68. The van der Waals surface area contributed by atoms with Gasteiger partial charge >= 0.3 is 5.97 Å². The summed E-state index contributed by atoms with van der Waals surface area (Å²) in [5.41, 5.74) is -0.476. The van der Waals surface area contributed by atoms with Crippen molar-refractivity contribution < 1.29 is 9.53 Å². The van der Waals surface area contributed by atoms with E-state index in [0.717, 1.165) is 6.54 Å².